The zero-order valence-corrected chi connectivity index (χ0v) is 17.3. The Hall–Kier alpha value is -0.836. The minimum Gasteiger partial charge on any atom is -0.155 e. The lowest BCUT2D eigenvalue weighted by Crippen LogP contribution is -2.57. The third-order valence-corrected chi connectivity index (χ3v) is 12.9. The van der Waals surface area contributed by atoms with Gasteiger partial charge in [-0.05, 0) is 22.8 Å². The van der Waals surface area contributed by atoms with Crippen molar-refractivity contribution < 1.29 is 0 Å². The number of hydrogen-bond donors (Lipinski definition) is 0. The van der Waals surface area contributed by atoms with Gasteiger partial charge in [0.25, 0.3) is 0 Å². The van der Waals surface area contributed by atoms with Gasteiger partial charge in [-0.2, -0.15) is 11.1 Å². The molecule has 0 saturated heterocycles. The van der Waals surface area contributed by atoms with Gasteiger partial charge < -0.3 is 0 Å². The van der Waals surface area contributed by atoms with Gasteiger partial charge in [-0.25, -0.2) is 0 Å². The molecule has 2 aromatic carbocycles. The Morgan fingerprint density at radius 2 is 1.36 bits per heavy atom. The van der Waals surface area contributed by atoms with Gasteiger partial charge in [0.1, 0.15) is 0 Å². The van der Waals surface area contributed by atoms with Crippen LogP contribution in [0.2, 0.25) is 25.2 Å². The van der Waals surface area contributed by atoms with Crippen molar-refractivity contribution in [2.45, 2.75) is 46.0 Å². The van der Waals surface area contributed by atoms with E-state index >= 15 is 0 Å². The largest absolute Gasteiger partial charge is 0.219 e. The Bertz CT molecular complexity index is 644. The number of halogens is 1. The lowest BCUT2D eigenvalue weighted by molar-refractivity contribution is 1.05. The van der Waals surface area contributed by atoms with Crippen LogP contribution in [0.15, 0.2) is 48.5 Å². The Balaban J connectivity index is 2.67. The predicted molar refractivity (Wildman–Crippen MR) is 107 cm³/mol. The smallest absolute Gasteiger partial charge is 0.155 e. The second kappa shape index (κ2) is 6.34. The fourth-order valence-corrected chi connectivity index (χ4v) is 8.19. The summed E-state index contributed by atoms with van der Waals surface area (Å²) in [6, 6.07) is 17.8. The average molecular weight is 347 g/mol. The molecule has 22 heavy (non-hydrogen) atoms. The molecule has 0 spiro atoms. The molecule has 0 radical (unpaired) electrons. The van der Waals surface area contributed by atoms with E-state index in [1.54, 1.807) is 0 Å². The molecule has 1 atom stereocenters. The molecule has 0 amide bonds. The summed E-state index contributed by atoms with van der Waals surface area (Å²) in [5.41, 5.74) is 1.79. The summed E-state index contributed by atoms with van der Waals surface area (Å²) in [7, 11) is -3.57. The first kappa shape index (κ1) is 17.5. The van der Waals surface area contributed by atoms with Crippen LogP contribution >= 0.6 is 11.1 Å². The monoisotopic (exact) mass is 346 g/mol. The summed E-state index contributed by atoms with van der Waals surface area (Å²) in [5, 5.41) is 4.20. The van der Waals surface area contributed by atoms with Crippen molar-refractivity contribution >= 4 is 42.1 Å². The van der Waals surface area contributed by atoms with E-state index in [1.165, 1.54) is 21.1 Å². The van der Waals surface area contributed by atoms with Crippen molar-refractivity contribution in [2.24, 2.45) is 0 Å². The second-order valence-electron chi connectivity index (χ2n) is 7.57. The van der Waals surface area contributed by atoms with E-state index in [4.69, 9.17) is 11.1 Å². The number of rotatable bonds is 4. The summed E-state index contributed by atoms with van der Waals surface area (Å²) in [6.45, 7) is 13.9. The highest BCUT2D eigenvalue weighted by Gasteiger charge is 2.39. The van der Waals surface area contributed by atoms with Crippen molar-refractivity contribution in [3.63, 3.8) is 0 Å². The van der Waals surface area contributed by atoms with Crippen molar-refractivity contribution in [3.05, 3.63) is 54.1 Å². The summed E-state index contributed by atoms with van der Waals surface area (Å²) in [4.78, 5) is 0. The molecule has 0 fully saturated rings. The fraction of sp³-hybridized carbons (Fsp3) is 0.368. The van der Waals surface area contributed by atoms with Crippen molar-refractivity contribution in [1.82, 2.24) is 0 Å². The molecule has 0 nitrogen and oxygen atoms in total. The number of aryl methyl sites for hydroxylation is 1. The van der Waals surface area contributed by atoms with E-state index in [0.717, 1.165) is 0 Å². The van der Waals surface area contributed by atoms with Crippen LogP contribution in [-0.2, 0) is 0 Å². The molecular weight excluding hydrogens is 320 g/mol. The van der Waals surface area contributed by atoms with Gasteiger partial charge >= 0.3 is 0 Å². The van der Waals surface area contributed by atoms with E-state index < -0.39 is 15.5 Å². The quantitative estimate of drug-likeness (QED) is 0.573. The highest BCUT2D eigenvalue weighted by molar-refractivity contribution is 7.34. The molecule has 2 aromatic rings. The SMILES string of the molecule is Cc1cc([Si](C)(C)C)cc([Si](Cl)(c2ccccc2)C(C)C)c1. The lowest BCUT2D eigenvalue weighted by atomic mass is 10.2. The Kier molecular flexibility index (Phi) is 5.05. The maximum absolute atomic E-state index is 7.37. The molecule has 0 aromatic heterocycles. The average Bonchev–Trinajstić information content (AvgIpc) is 2.45. The molecule has 0 heterocycles. The molecule has 0 bridgehead atoms. The first-order valence-corrected chi connectivity index (χ1v) is 14.6. The Labute approximate surface area is 142 Å². The van der Waals surface area contributed by atoms with Gasteiger partial charge in [0.15, 0.2) is 0 Å². The molecule has 0 aliphatic heterocycles. The van der Waals surface area contributed by atoms with E-state index in [9.17, 15) is 0 Å². The van der Waals surface area contributed by atoms with Crippen LogP contribution in [0.5, 0.6) is 0 Å². The predicted octanol–water partition coefficient (Wildman–Crippen LogP) is 4.25. The van der Waals surface area contributed by atoms with E-state index in [0.29, 0.717) is 5.54 Å². The molecule has 2 rings (SSSR count). The zero-order valence-electron chi connectivity index (χ0n) is 14.6. The summed E-state index contributed by atoms with van der Waals surface area (Å²) < 4.78 is 0. The molecule has 118 valence electrons. The van der Waals surface area contributed by atoms with Gasteiger partial charge in [-0.3, -0.25) is 0 Å². The lowest BCUT2D eigenvalue weighted by Gasteiger charge is -2.31. The zero-order chi connectivity index (χ0) is 16.5. The second-order valence-corrected chi connectivity index (χ2v) is 18.2. The molecule has 0 saturated carbocycles. The third-order valence-electron chi connectivity index (χ3n) is 4.35. The van der Waals surface area contributed by atoms with Gasteiger partial charge in [0.05, 0.1) is 8.07 Å². The highest BCUT2D eigenvalue weighted by atomic mass is 35.6. The standard InChI is InChI=1S/C19H27ClSi2/c1-15(2)22(20,17-10-8-7-9-11-17)19-13-16(3)12-18(14-19)21(4,5)6/h7-15H,1-6H3. The van der Waals surface area contributed by atoms with Gasteiger partial charge in [-0.1, -0.05) is 92.8 Å². The topological polar surface area (TPSA) is 0 Å². The maximum atomic E-state index is 7.37. The van der Waals surface area contributed by atoms with Crippen LogP contribution in [0.25, 0.3) is 0 Å². The van der Waals surface area contributed by atoms with Gasteiger partial charge in [-0.15, -0.1) is 0 Å². The molecule has 3 heteroatoms. The summed E-state index contributed by atoms with van der Waals surface area (Å²) >= 11 is 7.37. The minimum absolute atomic E-state index is 0.452. The summed E-state index contributed by atoms with van der Waals surface area (Å²) in [5.74, 6) is 0. The molecular formula is C19H27ClSi2. The van der Waals surface area contributed by atoms with Gasteiger partial charge in [0, 0.05) is 0 Å². The van der Waals surface area contributed by atoms with Crippen LogP contribution in [0, 0.1) is 6.92 Å². The third kappa shape index (κ3) is 3.39. The number of hydrogen-bond acceptors (Lipinski definition) is 0. The first-order chi connectivity index (χ1) is 10.2. The van der Waals surface area contributed by atoms with Crippen molar-refractivity contribution in [1.29, 1.82) is 0 Å². The van der Waals surface area contributed by atoms with Crippen LogP contribution < -0.4 is 15.6 Å². The molecule has 0 aliphatic carbocycles. The van der Waals surface area contributed by atoms with Gasteiger partial charge in [0.2, 0.25) is 7.38 Å². The molecule has 0 N–H and O–H groups in total. The van der Waals surface area contributed by atoms with E-state index in [1.807, 2.05) is 0 Å². The molecule has 1 unspecified atom stereocenters. The summed E-state index contributed by atoms with van der Waals surface area (Å²) in [6.07, 6.45) is 0. The van der Waals surface area contributed by atoms with E-state index in [-0.39, 0.29) is 0 Å². The van der Waals surface area contributed by atoms with E-state index in [2.05, 4.69) is 88.9 Å². The minimum atomic E-state index is -2.23. The van der Waals surface area contributed by atoms with Crippen LogP contribution in [0.3, 0.4) is 0 Å². The maximum Gasteiger partial charge on any atom is 0.219 e. The first-order valence-electron chi connectivity index (χ1n) is 8.03. The van der Waals surface area contributed by atoms with Crippen LogP contribution in [0.1, 0.15) is 19.4 Å². The molecule has 0 aliphatic rings. The fourth-order valence-electron chi connectivity index (χ4n) is 2.94. The highest BCUT2D eigenvalue weighted by Crippen LogP contribution is 2.25. The normalized spacial score (nSPS) is 14.9. The van der Waals surface area contributed by atoms with Crippen LogP contribution in [-0.4, -0.2) is 15.5 Å². The number of benzene rings is 2. The van der Waals surface area contributed by atoms with Crippen molar-refractivity contribution in [2.75, 3.05) is 0 Å². The van der Waals surface area contributed by atoms with Crippen molar-refractivity contribution in [3.8, 4) is 0 Å². The Morgan fingerprint density at radius 3 is 1.86 bits per heavy atom. The van der Waals surface area contributed by atoms with Crippen LogP contribution in [0.4, 0.5) is 0 Å². The Morgan fingerprint density at radius 1 is 0.818 bits per heavy atom.